The van der Waals surface area contributed by atoms with Gasteiger partial charge in [0, 0.05) is 0 Å². The molecule has 290 valence electrons. The van der Waals surface area contributed by atoms with Gasteiger partial charge in [-0.25, -0.2) is 0 Å². The summed E-state index contributed by atoms with van der Waals surface area (Å²) in [6.45, 7) is 25.7. The Bertz CT molecular complexity index is 2400. The molecule has 4 aromatic carbocycles. The van der Waals surface area contributed by atoms with E-state index >= 15 is 0 Å². The molecule has 0 spiro atoms. The molecule has 0 saturated heterocycles. The number of Topliss-reactive ketones (excluding diaryl/α,β-unsaturated/α-hetero) is 2. The molecule has 0 N–H and O–H groups in total. The molecule has 0 unspecified atom stereocenters. The number of carbonyl (C=O) groups is 2. The van der Waals surface area contributed by atoms with Crippen molar-refractivity contribution in [3.63, 3.8) is 0 Å². The van der Waals surface area contributed by atoms with E-state index in [2.05, 4.69) is 204 Å². The van der Waals surface area contributed by atoms with Crippen molar-refractivity contribution in [1.82, 2.24) is 0 Å². The van der Waals surface area contributed by atoms with Crippen LogP contribution in [0.5, 0.6) is 0 Å². The molecule has 5 aromatic rings. The summed E-state index contributed by atoms with van der Waals surface area (Å²) in [6, 6.07) is 35.1. The van der Waals surface area contributed by atoms with Crippen molar-refractivity contribution in [3.05, 3.63) is 175 Å². The number of rotatable bonds is 4. The van der Waals surface area contributed by atoms with Gasteiger partial charge in [0.25, 0.3) is 0 Å². The molecular formula is C54H56O2Se. The second kappa shape index (κ2) is 14.5. The van der Waals surface area contributed by atoms with Gasteiger partial charge in [-0.3, -0.25) is 0 Å². The zero-order chi connectivity index (χ0) is 41.2. The standard InChI is InChI=1S/C54H56O2Se/c1-51(2,3)41-29-35(30-42(49(41)55)52(4,5)6)47(39-25-17-21-33-19-13-15-23-37(33)39)45-27-28-46(57-45)48(40-26-18-22-34-20-14-16-24-38(34)40)36-31-43(53(7,8)9)50(56)44(32-36)54(10,11)12/h13-32H,1-12H3. The van der Waals surface area contributed by atoms with Crippen molar-refractivity contribution in [2.24, 2.45) is 21.7 Å². The fourth-order valence-electron chi connectivity index (χ4n) is 8.13. The molecule has 2 aliphatic carbocycles. The molecule has 0 fully saturated rings. The summed E-state index contributed by atoms with van der Waals surface area (Å²) < 4.78 is 2.52. The Morgan fingerprint density at radius 1 is 0.386 bits per heavy atom. The van der Waals surface area contributed by atoms with Crippen LogP contribution in [0.3, 0.4) is 0 Å². The average molecular weight is 816 g/mol. The second-order valence-electron chi connectivity index (χ2n) is 19.8. The predicted molar refractivity (Wildman–Crippen MR) is 243 cm³/mol. The molecule has 2 nitrogen and oxygen atoms in total. The van der Waals surface area contributed by atoms with Gasteiger partial charge in [0.05, 0.1) is 0 Å². The molecule has 2 aliphatic rings. The predicted octanol–water partition coefficient (Wildman–Crippen LogP) is 13.7. The molecule has 7 rings (SSSR count). The third-order valence-electron chi connectivity index (χ3n) is 11.2. The first-order chi connectivity index (χ1) is 26.6. The monoisotopic (exact) mass is 816 g/mol. The fraction of sp³-hybridized carbons (Fsp3) is 0.296. The molecule has 1 aromatic heterocycles. The van der Waals surface area contributed by atoms with Gasteiger partial charge in [0.1, 0.15) is 0 Å². The van der Waals surface area contributed by atoms with Crippen LogP contribution in [0.2, 0.25) is 0 Å². The van der Waals surface area contributed by atoms with E-state index < -0.39 is 0 Å². The molecule has 0 radical (unpaired) electrons. The minimum atomic E-state index is -0.339. The molecule has 0 amide bonds. The van der Waals surface area contributed by atoms with Gasteiger partial charge in [-0.1, -0.05) is 0 Å². The molecule has 0 aliphatic heterocycles. The summed E-state index contributed by atoms with van der Waals surface area (Å²) in [4.78, 5) is 28.5. The summed E-state index contributed by atoms with van der Waals surface area (Å²) >= 11 is -0.140. The normalized spacial score (nSPS) is 15.8. The number of benzene rings is 4. The van der Waals surface area contributed by atoms with Crippen LogP contribution >= 0.6 is 0 Å². The summed E-state index contributed by atoms with van der Waals surface area (Å²) in [5, 5.41) is 4.75. The minimum absolute atomic E-state index is 0.137. The molecular weight excluding hydrogens is 760 g/mol. The van der Waals surface area contributed by atoms with Gasteiger partial charge in [0.2, 0.25) is 0 Å². The SMILES string of the molecule is CC(C)(C)C1=CC(=C(c2ccc(C(=C3C=C(C(C)(C)C)C(=O)C(C(C)(C)C)=C3)c3cccc4ccccc34)[se]2)c2cccc3ccccc23)C=C(C(C)(C)C)C1=O. The maximum atomic E-state index is 14.2. The number of hydrogen-bond acceptors (Lipinski definition) is 2. The van der Waals surface area contributed by atoms with E-state index in [4.69, 9.17) is 0 Å². The van der Waals surface area contributed by atoms with Crippen LogP contribution in [-0.4, -0.2) is 26.1 Å². The molecule has 0 bridgehead atoms. The quantitative estimate of drug-likeness (QED) is 0.169. The average Bonchev–Trinajstić information content (AvgIpc) is 3.60. The van der Waals surface area contributed by atoms with E-state index in [0.29, 0.717) is 0 Å². The molecule has 3 heteroatoms. The van der Waals surface area contributed by atoms with Crippen LogP contribution in [0.25, 0.3) is 32.7 Å². The van der Waals surface area contributed by atoms with Crippen LogP contribution in [-0.2, 0) is 9.59 Å². The summed E-state index contributed by atoms with van der Waals surface area (Å²) in [7, 11) is 0. The molecule has 0 saturated carbocycles. The second-order valence-corrected chi connectivity index (χ2v) is 22.0. The number of fused-ring (bicyclic) bond motifs is 2. The zero-order valence-corrected chi connectivity index (χ0v) is 37.5. The third-order valence-corrected chi connectivity index (χ3v) is 13.6. The zero-order valence-electron chi connectivity index (χ0n) is 35.8. The van der Waals surface area contributed by atoms with Crippen molar-refractivity contribution >= 4 is 58.8 Å². The molecule has 0 atom stereocenters. The number of ketones is 2. The fourth-order valence-corrected chi connectivity index (χ4v) is 10.6. The van der Waals surface area contributed by atoms with Gasteiger partial charge in [-0.15, -0.1) is 0 Å². The first-order valence-electron chi connectivity index (χ1n) is 20.2. The Hall–Kier alpha value is -4.82. The topological polar surface area (TPSA) is 34.1 Å². The Balaban J connectivity index is 1.61. The van der Waals surface area contributed by atoms with E-state index in [1.54, 1.807) is 0 Å². The first kappa shape index (κ1) is 40.4. The van der Waals surface area contributed by atoms with E-state index in [9.17, 15) is 9.59 Å². The summed E-state index contributed by atoms with van der Waals surface area (Å²) in [6.07, 6.45) is 8.71. The van der Waals surface area contributed by atoms with Crippen LogP contribution in [0.1, 0.15) is 103 Å². The van der Waals surface area contributed by atoms with Crippen molar-refractivity contribution in [2.75, 3.05) is 0 Å². The van der Waals surface area contributed by atoms with E-state index in [1.807, 2.05) is 0 Å². The van der Waals surface area contributed by atoms with Crippen LogP contribution in [0.4, 0.5) is 0 Å². The van der Waals surface area contributed by atoms with Gasteiger partial charge < -0.3 is 0 Å². The van der Waals surface area contributed by atoms with Crippen molar-refractivity contribution in [3.8, 4) is 0 Å². The van der Waals surface area contributed by atoms with Crippen molar-refractivity contribution in [2.45, 2.75) is 83.1 Å². The Morgan fingerprint density at radius 3 is 1.00 bits per heavy atom. The number of hydrogen-bond donors (Lipinski definition) is 0. The maximum absolute atomic E-state index is 14.2. The Labute approximate surface area is 346 Å². The molecule has 1 heterocycles. The van der Waals surface area contributed by atoms with Gasteiger partial charge in [0.15, 0.2) is 0 Å². The van der Waals surface area contributed by atoms with Crippen LogP contribution in [0.15, 0.2) is 155 Å². The van der Waals surface area contributed by atoms with Crippen LogP contribution < -0.4 is 0 Å². The van der Waals surface area contributed by atoms with E-state index in [0.717, 1.165) is 33.4 Å². The van der Waals surface area contributed by atoms with Gasteiger partial charge in [-0.05, 0) is 0 Å². The summed E-state index contributed by atoms with van der Waals surface area (Å²) in [5.74, 6) is 0.275. The third kappa shape index (κ3) is 7.77. The van der Waals surface area contributed by atoms with Crippen molar-refractivity contribution in [1.29, 1.82) is 0 Å². The summed E-state index contributed by atoms with van der Waals surface area (Å²) in [5.41, 5.74) is 8.84. The van der Waals surface area contributed by atoms with Gasteiger partial charge in [-0.2, -0.15) is 0 Å². The Kier molecular flexibility index (Phi) is 10.3. The molecule has 57 heavy (non-hydrogen) atoms. The number of allylic oxidation sites excluding steroid dienone is 10. The number of carbonyl (C=O) groups excluding carboxylic acids is 2. The van der Waals surface area contributed by atoms with Crippen LogP contribution in [0, 0.1) is 21.7 Å². The van der Waals surface area contributed by atoms with E-state index in [1.165, 1.54) is 52.7 Å². The Morgan fingerprint density at radius 2 is 0.684 bits per heavy atom. The van der Waals surface area contributed by atoms with E-state index in [-0.39, 0.29) is 47.7 Å². The van der Waals surface area contributed by atoms with Gasteiger partial charge >= 0.3 is 348 Å². The van der Waals surface area contributed by atoms with Crippen molar-refractivity contribution < 1.29 is 9.59 Å². The first-order valence-corrected chi connectivity index (χ1v) is 21.9.